The number of hydrogen-bond acceptors (Lipinski definition) is 6. The molecule has 0 aromatic carbocycles. The first kappa shape index (κ1) is 54.0. The minimum Gasteiger partial charge on any atom is -0.462 e. The summed E-state index contributed by atoms with van der Waals surface area (Å²) in [6, 6.07) is 0. The van der Waals surface area contributed by atoms with E-state index in [9.17, 15) is 14.2 Å². The standard InChI is InChI=1S/C47H85O8P/c1-3-5-7-9-11-13-15-17-19-20-21-22-23-24-25-26-28-29-31-33-35-37-39-41-46(48)53-43-45(44-54-56(50,51)52)55-47(49)42-40-38-36-34-32-30-27-18-16-14-12-10-8-6-4-2/h12,14,18,27,32-35,45H,3-11,13,15-17,19-26,28-31,36-44H2,1-2H3,(H2,50,51,52)/b14-12+,27-18+,34-32+,35-33+/t45-/m1/s1. The van der Waals surface area contributed by atoms with Gasteiger partial charge in [-0.25, -0.2) is 4.57 Å². The second kappa shape index (κ2) is 42.6. The van der Waals surface area contributed by atoms with Crippen molar-refractivity contribution < 1.29 is 37.9 Å². The SMILES string of the molecule is CCCCC/C=C/C/C=C/C/C=C/CCCCC(=O)O[C@H](COC(=O)CCC/C=C/CCCCCCCCCCCCCCCCCCCC)COP(=O)(O)O. The summed E-state index contributed by atoms with van der Waals surface area (Å²) in [5, 5.41) is 0. The highest BCUT2D eigenvalue weighted by molar-refractivity contribution is 7.46. The van der Waals surface area contributed by atoms with Gasteiger partial charge >= 0.3 is 19.8 Å². The molecule has 0 bridgehead atoms. The van der Waals surface area contributed by atoms with Crippen LogP contribution in [0, 0.1) is 0 Å². The molecular weight excluding hydrogens is 723 g/mol. The Labute approximate surface area is 344 Å². The Morgan fingerprint density at radius 2 is 0.821 bits per heavy atom. The molecule has 0 aromatic rings. The number of phosphoric acid groups is 1. The fourth-order valence-corrected chi connectivity index (χ4v) is 6.74. The van der Waals surface area contributed by atoms with Crippen LogP contribution in [0.15, 0.2) is 48.6 Å². The van der Waals surface area contributed by atoms with E-state index in [1.165, 1.54) is 135 Å². The highest BCUT2D eigenvalue weighted by atomic mass is 31.2. The van der Waals surface area contributed by atoms with Crippen LogP contribution < -0.4 is 0 Å². The van der Waals surface area contributed by atoms with E-state index in [-0.39, 0.29) is 19.4 Å². The molecule has 56 heavy (non-hydrogen) atoms. The van der Waals surface area contributed by atoms with Crippen molar-refractivity contribution in [3.8, 4) is 0 Å². The van der Waals surface area contributed by atoms with Gasteiger partial charge in [-0.2, -0.15) is 0 Å². The first-order valence-corrected chi connectivity index (χ1v) is 24.5. The van der Waals surface area contributed by atoms with Gasteiger partial charge in [0.25, 0.3) is 0 Å². The maximum absolute atomic E-state index is 12.4. The van der Waals surface area contributed by atoms with Crippen molar-refractivity contribution >= 4 is 19.8 Å². The van der Waals surface area contributed by atoms with Gasteiger partial charge in [0.2, 0.25) is 0 Å². The Kier molecular flexibility index (Phi) is 41.1. The number of allylic oxidation sites excluding steroid dienone is 8. The lowest BCUT2D eigenvalue weighted by molar-refractivity contribution is -0.161. The van der Waals surface area contributed by atoms with Crippen LogP contribution >= 0.6 is 7.82 Å². The fraction of sp³-hybridized carbons (Fsp3) is 0.787. The number of ether oxygens (including phenoxy) is 2. The van der Waals surface area contributed by atoms with Gasteiger partial charge in [-0.1, -0.05) is 184 Å². The zero-order valence-corrected chi connectivity index (χ0v) is 36.9. The lowest BCUT2D eigenvalue weighted by Gasteiger charge is -2.18. The van der Waals surface area contributed by atoms with Crippen LogP contribution in [0.3, 0.4) is 0 Å². The van der Waals surface area contributed by atoms with Crippen molar-refractivity contribution in [3.05, 3.63) is 48.6 Å². The van der Waals surface area contributed by atoms with E-state index in [0.29, 0.717) is 12.8 Å². The molecule has 9 heteroatoms. The first-order valence-electron chi connectivity index (χ1n) is 22.9. The summed E-state index contributed by atoms with van der Waals surface area (Å²) in [6.45, 7) is 3.62. The van der Waals surface area contributed by atoms with Gasteiger partial charge in [-0.3, -0.25) is 14.1 Å². The summed E-state index contributed by atoms with van der Waals surface area (Å²) in [6.07, 6.45) is 52.9. The summed E-state index contributed by atoms with van der Waals surface area (Å²) in [5.74, 6) is -0.963. The summed E-state index contributed by atoms with van der Waals surface area (Å²) in [7, 11) is -4.77. The smallest absolute Gasteiger partial charge is 0.462 e. The molecule has 2 N–H and O–H groups in total. The second-order valence-electron chi connectivity index (χ2n) is 15.4. The van der Waals surface area contributed by atoms with Crippen LogP contribution in [0.25, 0.3) is 0 Å². The van der Waals surface area contributed by atoms with Gasteiger partial charge in [0.15, 0.2) is 6.10 Å². The van der Waals surface area contributed by atoms with Crippen LogP contribution in [0.1, 0.15) is 219 Å². The molecule has 0 fully saturated rings. The van der Waals surface area contributed by atoms with Crippen molar-refractivity contribution in [3.63, 3.8) is 0 Å². The number of esters is 2. The van der Waals surface area contributed by atoms with E-state index in [1.807, 2.05) is 0 Å². The molecular formula is C47H85O8P. The Bertz CT molecular complexity index is 1050. The lowest BCUT2D eigenvalue weighted by atomic mass is 10.0. The number of carbonyl (C=O) groups is 2. The lowest BCUT2D eigenvalue weighted by Crippen LogP contribution is -2.29. The van der Waals surface area contributed by atoms with Crippen molar-refractivity contribution in [1.82, 2.24) is 0 Å². The quantitative estimate of drug-likeness (QED) is 0.0271. The Morgan fingerprint density at radius 3 is 1.30 bits per heavy atom. The van der Waals surface area contributed by atoms with Crippen molar-refractivity contribution in [2.75, 3.05) is 13.2 Å². The molecule has 0 radical (unpaired) electrons. The molecule has 326 valence electrons. The molecule has 0 aliphatic carbocycles. The molecule has 1 atom stereocenters. The van der Waals surface area contributed by atoms with Gasteiger partial charge in [-0.05, 0) is 70.6 Å². The maximum Gasteiger partial charge on any atom is 0.469 e. The predicted molar refractivity (Wildman–Crippen MR) is 234 cm³/mol. The number of unbranched alkanes of at least 4 members (excludes halogenated alkanes) is 24. The largest absolute Gasteiger partial charge is 0.469 e. The zero-order chi connectivity index (χ0) is 41.1. The zero-order valence-electron chi connectivity index (χ0n) is 36.0. The summed E-state index contributed by atoms with van der Waals surface area (Å²) in [5.41, 5.74) is 0. The van der Waals surface area contributed by atoms with Gasteiger partial charge in [0.1, 0.15) is 6.61 Å². The number of phosphoric ester groups is 1. The summed E-state index contributed by atoms with van der Waals surface area (Å²) >= 11 is 0. The Morgan fingerprint density at radius 1 is 0.464 bits per heavy atom. The molecule has 0 spiro atoms. The summed E-state index contributed by atoms with van der Waals surface area (Å²) < 4.78 is 26.4. The average Bonchev–Trinajstić information content (AvgIpc) is 3.17. The Balaban J connectivity index is 3.90. The molecule has 0 unspecified atom stereocenters. The molecule has 0 saturated heterocycles. The maximum atomic E-state index is 12.4. The third-order valence-electron chi connectivity index (χ3n) is 9.82. The molecule has 0 heterocycles. The molecule has 0 aliphatic heterocycles. The highest BCUT2D eigenvalue weighted by Crippen LogP contribution is 2.36. The van der Waals surface area contributed by atoms with Gasteiger partial charge in [0, 0.05) is 12.8 Å². The van der Waals surface area contributed by atoms with E-state index in [2.05, 4.69) is 67.0 Å². The molecule has 0 amide bonds. The van der Waals surface area contributed by atoms with Crippen molar-refractivity contribution in [2.24, 2.45) is 0 Å². The number of rotatable bonds is 42. The van der Waals surface area contributed by atoms with Crippen LogP contribution in [0.5, 0.6) is 0 Å². The van der Waals surface area contributed by atoms with Gasteiger partial charge in [-0.15, -0.1) is 0 Å². The van der Waals surface area contributed by atoms with E-state index < -0.39 is 32.5 Å². The normalized spacial score (nSPS) is 12.9. The van der Waals surface area contributed by atoms with E-state index in [4.69, 9.17) is 19.3 Å². The fourth-order valence-electron chi connectivity index (χ4n) is 6.38. The van der Waals surface area contributed by atoms with E-state index in [1.54, 1.807) is 0 Å². The van der Waals surface area contributed by atoms with Gasteiger partial charge in [0.05, 0.1) is 6.61 Å². The third-order valence-corrected chi connectivity index (χ3v) is 10.3. The number of carbonyl (C=O) groups excluding carboxylic acids is 2. The topological polar surface area (TPSA) is 119 Å². The third kappa shape index (κ3) is 44.7. The summed E-state index contributed by atoms with van der Waals surface area (Å²) in [4.78, 5) is 42.9. The molecule has 0 aromatic heterocycles. The molecule has 0 rings (SSSR count). The van der Waals surface area contributed by atoms with E-state index in [0.717, 1.165) is 44.9 Å². The number of hydrogen-bond donors (Lipinski definition) is 2. The highest BCUT2D eigenvalue weighted by Gasteiger charge is 2.22. The van der Waals surface area contributed by atoms with E-state index >= 15 is 0 Å². The van der Waals surface area contributed by atoms with Crippen LogP contribution in [0.2, 0.25) is 0 Å². The minimum absolute atomic E-state index is 0.157. The van der Waals surface area contributed by atoms with Crippen molar-refractivity contribution in [2.45, 2.75) is 225 Å². The monoisotopic (exact) mass is 809 g/mol. The first-order chi connectivity index (χ1) is 27.3. The average molecular weight is 809 g/mol. The van der Waals surface area contributed by atoms with Gasteiger partial charge < -0.3 is 19.3 Å². The second-order valence-corrected chi connectivity index (χ2v) is 16.6. The Hall–Kier alpha value is -1.99. The predicted octanol–water partition coefficient (Wildman–Crippen LogP) is 14.3. The minimum atomic E-state index is -4.77. The van der Waals surface area contributed by atoms with Crippen LogP contribution in [0.4, 0.5) is 0 Å². The molecule has 0 saturated carbocycles. The van der Waals surface area contributed by atoms with Crippen molar-refractivity contribution in [1.29, 1.82) is 0 Å². The molecule has 8 nitrogen and oxygen atoms in total. The molecule has 0 aliphatic rings. The van der Waals surface area contributed by atoms with Crippen LogP contribution in [-0.4, -0.2) is 41.0 Å². The van der Waals surface area contributed by atoms with Crippen LogP contribution in [-0.2, 0) is 28.2 Å².